The van der Waals surface area contributed by atoms with Gasteiger partial charge in [-0.15, -0.1) is 0 Å². The monoisotopic (exact) mass is 290 g/mol. The Kier molecular flexibility index (Phi) is 4.58. The molecule has 0 bridgehead atoms. The number of likely N-dealkylation sites (tertiary alicyclic amines) is 1. The summed E-state index contributed by atoms with van der Waals surface area (Å²) in [5.74, 6) is 1.06. The van der Waals surface area contributed by atoms with Crippen LogP contribution >= 0.6 is 0 Å². The minimum atomic E-state index is 0.249. The molecule has 3 heterocycles. The molecule has 2 aliphatic heterocycles. The minimum absolute atomic E-state index is 0.249. The number of carbonyl (C=O) groups excluding carboxylic acids is 1. The van der Waals surface area contributed by atoms with Crippen molar-refractivity contribution in [3.8, 4) is 0 Å². The minimum Gasteiger partial charge on any atom is -0.336 e. The molecular weight excluding hydrogens is 264 g/mol. The van der Waals surface area contributed by atoms with Gasteiger partial charge in [-0.3, -0.25) is 9.48 Å². The molecule has 1 N–H and O–H groups in total. The lowest BCUT2D eigenvalue weighted by Gasteiger charge is -2.26. The van der Waals surface area contributed by atoms with Gasteiger partial charge in [0, 0.05) is 31.8 Å². The van der Waals surface area contributed by atoms with Gasteiger partial charge in [0.2, 0.25) is 5.91 Å². The summed E-state index contributed by atoms with van der Waals surface area (Å²) in [5, 5.41) is 7.63. The van der Waals surface area contributed by atoms with Crippen molar-refractivity contribution in [3.05, 3.63) is 18.0 Å². The summed E-state index contributed by atoms with van der Waals surface area (Å²) >= 11 is 0. The number of piperidine rings is 1. The van der Waals surface area contributed by atoms with E-state index in [0.29, 0.717) is 12.3 Å². The summed E-state index contributed by atoms with van der Waals surface area (Å²) in [4.78, 5) is 14.6. The summed E-state index contributed by atoms with van der Waals surface area (Å²) in [6.45, 7) is 3.13. The molecule has 1 aromatic heterocycles. The van der Waals surface area contributed by atoms with Gasteiger partial charge in [-0.2, -0.15) is 5.10 Å². The molecule has 0 radical (unpaired) electrons. The van der Waals surface area contributed by atoms with Crippen LogP contribution in [0.3, 0.4) is 0 Å². The SMILES string of the molecule is Cn1cc(C2CCCN2C(=O)CCC2CCNCC2)cn1. The maximum Gasteiger partial charge on any atom is 0.223 e. The average Bonchev–Trinajstić information content (AvgIpc) is 3.14. The third kappa shape index (κ3) is 3.46. The van der Waals surface area contributed by atoms with E-state index in [-0.39, 0.29) is 6.04 Å². The summed E-state index contributed by atoms with van der Waals surface area (Å²) in [5.41, 5.74) is 1.19. The molecule has 116 valence electrons. The topological polar surface area (TPSA) is 50.2 Å². The summed E-state index contributed by atoms with van der Waals surface area (Å²) in [6, 6.07) is 0.249. The second kappa shape index (κ2) is 6.60. The van der Waals surface area contributed by atoms with E-state index in [9.17, 15) is 4.79 Å². The molecule has 0 aliphatic carbocycles. The summed E-state index contributed by atoms with van der Waals surface area (Å²) in [7, 11) is 1.93. The third-order valence-electron chi connectivity index (χ3n) is 4.91. The number of amides is 1. The van der Waals surface area contributed by atoms with Crippen LogP contribution in [0.2, 0.25) is 0 Å². The molecule has 1 atom stereocenters. The lowest BCUT2D eigenvalue weighted by molar-refractivity contribution is -0.132. The maximum atomic E-state index is 12.6. The van der Waals surface area contributed by atoms with E-state index < -0.39 is 0 Å². The molecule has 2 saturated heterocycles. The van der Waals surface area contributed by atoms with Crippen molar-refractivity contribution >= 4 is 5.91 Å². The van der Waals surface area contributed by atoms with Gasteiger partial charge in [0.1, 0.15) is 0 Å². The Hall–Kier alpha value is -1.36. The summed E-state index contributed by atoms with van der Waals surface area (Å²) in [6.07, 6.45) is 10.3. The first-order chi connectivity index (χ1) is 10.2. The second-order valence-electron chi connectivity index (χ2n) is 6.42. The largest absolute Gasteiger partial charge is 0.336 e. The van der Waals surface area contributed by atoms with Crippen LogP contribution in [-0.4, -0.2) is 40.2 Å². The molecule has 5 nitrogen and oxygen atoms in total. The fourth-order valence-corrected chi connectivity index (χ4v) is 3.67. The van der Waals surface area contributed by atoms with Crippen LogP contribution in [0.1, 0.15) is 50.1 Å². The van der Waals surface area contributed by atoms with E-state index >= 15 is 0 Å². The van der Waals surface area contributed by atoms with Crippen LogP contribution in [0, 0.1) is 5.92 Å². The van der Waals surface area contributed by atoms with Crippen LogP contribution in [0.25, 0.3) is 0 Å². The van der Waals surface area contributed by atoms with Crippen molar-refractivity contribution in [2.24, 2.45) is 13.0 Å². The molecule has 5 heteroatoms. The van der Waals surface area contributed by atoms with Crippen molar-refractivity contribution in [2.45, 2.75) is 44.6 Å². The highest BCUT2D eigenvalue weighted by Crippen LogP contribution is 2.32. The average molecular weight is 290 g/mol. The van der Waals surface area contributed by atoms with Gasteiger partial charge in [0.25, 0.3) is 0 Å². The second-order valence-corrected chi connectivity index (χ2v) is 6.42. The first-order valence-electron chi connectivity index (χ1n) is 8.23. The van der Waals surface area contributed by atoms with E-state index in [0.717, 1.165) is 44.8 Å². The van der Waals surface area contributed by atoms with Crippen molar-refractivity contribution in [1.82, 2.24) is 20.0 Å². The first-order valence-corrected chi connectivity index (χ1v) is 8.23. The zero-order chi connectivity index (χ0) is 14.7. The lowest BCUT2D eigenvalue weighted by Crippen LogP contribution is -2.32. The van der Waals surface area contributed by atoms with Gasteiger partial charge in [-0.25, -0.2) is 0 Å². The van der Waals surface area contributed by atoms with Gasteiger partial charge >= 0.3 is 0 Å². The Bertz CT molecular complexity index is 478. The molecule has 2 fully saturated rings. The van der Waals surface area contributed by atoms with E-state index in [4.69, 9.17) is 0 Å². The van der Waals surface area contributed by atoms with Crippen LogP contribution < -0.4 is 5.32 Å². The van der Waals surface area contributed by atoms with Crippen LogP contribution in [0.15, 0.2) is 12.4 Å². The predicted molar refractivity (Wildman–Crippen MR) is 81.7 cm³/mol. The number of aryl methyl sites for hydroxylation is 1. The van der Waals surface area contributed by atoms with E-state index in [1.807, 2.05) is 24.1 Å². The Balaban J connectivity index is 1.55. The molecule has 1 aromatic rings. The normalized spacial score (nSPS) is 23.7. The standard InChI is InChI=1S/C16H26N4O/c1-19-12-14(11-18-19)15-3-2-10-20(15)16(21)5-4-13-6-8-17-9-7-13/h11-13,15,17H,2-10H2,1H3. The number of nitrogens with zero attached hydrogens (tertiary/aromatic N) is 3. The zero-order valence-corrected chi connectivity index (χ0v) is 12.9. The predicted octanol–water partition coefficient (Wildman–Crippen LogP) is 1.86. The maximum absolute atomic E-state index is 12.6. The fourth-order valence-electron chi connectivity index (χ4n) is 3.67. The molecule has 0 spiro atoms. The number of hydrogen-bond acceptors (Lipinski definition) is 3. The molecule has 1 unspecified atom stereocenters. The van der Waals surface area contributed by atoms with E-state index in [1.165, 1.54) is 18.4 Å². The van der Waals surface area contributed by atoms with Gasteiger partial charge in [0.05, 0.1) is 12.2 Å². The number of hydrogen-bond donors (Lipinski definition) is 1. The Morgan fingerprint density at radius 3 is 2.90 bits per heavy atom. The van der Waals surface area contributed by atoms with E-state index in [2.05, 4.69) is 15.3 Å². The number of nitrogens with one attached hydrogen (secondary N) is 1. The molecule has 3 rings (SSSR count). The van der Waals surface area contributed by atoms with Gasteiger partial charge in [-0.1, -0.05) is 0 Å². The molecule has 1 amide bonds. The van der Waals surface area contributed by atoms with Crippen LogP contribution in [0.4, 0.5) is 0 Å². The molecular formula is C16H26N4O. The summed E-state index contributed by atoms with van der Waals surface area (Å²) < 4.78 is 1.82. The van der Waals surface area contributed by atoms with Gasteiger partial charge in [-0.05, 0) is 51.1 Å². The third-order valence-corrected chi connectivity index (χ3v) is 4.91. The highest BCUT2D eigenvalue weighted by molar-refractivity contribution is 5.77. The van der Waals surface area contributed by atoms with E-state index in [1.54, 1.807) is 0 Å². The smallest absolute Gasteiger partial charge is 0.223 e. The van der Waals surface area contributed by atoms with Crippen molar-refractivity contribution in [3.63, 3.8) is 0 Å². The Morgan fingerprint density at radius 1 is 1.38 bits per heavy atom. The van der Waals surface area contributed by atoms with Gasteiger partial charge < -0.3 is 10.2 Å². The number of carbonyl (C=O) groups is 1. The van der Waals surface area contributed by atoms with Crippen molar-refractivity contribution < 1.29 is 4.79 Å². The van der Waals surface area contributed by atoms with Crippen molar-refractivity contribution in [1.29, 1.82) is 0 Å². The quantitative estimate of drug-likeness (QED) is 0.921. The van der Waals surface area contributed by atoms with Gasteiger partial charge in [0.15, 0.2) is 0 Å². The number of rotatable bonds is 4. The first kappa shape index (κ1) is 14.6. The van der Waals surface area contributed by atoms with Crippen LogP contribution in [-0.2, 0) is 11.8 Å². The molecule has 0 saturated carbocycles. The zero-order valence-electron chi connectivity index (χ0n) is 12.9. The Labute approximate surface area is 126 Å². The Morgan fingerprint density at radius 2 is 2.19 bits per heavy atom. The highest BCUT2D eigenvalue weighted by atomic mass is 16.2. The molecule has 21 heavy (non-hydrogen) atoms. The lowest BCUT2D eigenvalue weighted by atomic mass is 9.93. The van der Waals surface area contributed by atoms with Crippen molar-refractivity contribution in [2.75, 3.05) is 19.6 Å². The molecule has 2 aliphatic rings. The van der Waals surface area contributed by atoms with Crippen LogP contribution in [0.5, 0.6) is 0 Å². The molecule has 0 aromatic carbocycles. The highest BCUT2D eigenvalue weighted by Gasteiger charge is 2.30. The number of aromatic nitrogens is 2. The fraction of sp³-hybridized carbons (Fsp3) is 0.750.